The summed E-state index contributed by atoms with van der Waals surface area (Å²) in [7, 11) is 0. The molecule has 5 rings (SSSR count). The second-order valence-electron chi connectivity index (χ2n) is 10.6. The zero-order chi connectivity index (χ0) is 28.6. The van der Waals surface area contributed by atoms with Gasteiger partial charge in [0.1, 0.15) is 11.2 Å². The fourth-order valence-electron chi connectivity index (χ4n) is 4.83. The van der Waals surface area contributed by atoms with Crippen LogP contribution in [0.2, 0.25) is 0 Å². The number of aryl methyl sites for hydroxylation is 1. The number of imidazole rings is 1. The lowest BCUT2D eigenvalue weighted by Crippen LogP contribution is -2.59. The molecule has 0 aromatic carbocycles. The Hall–Kier alpha value is -4.02. The molecule has 4 aromatic heterocycles. The molecule has 0 N–H and O–H groups in total. The SMILES string of the molecule is CC.Cc1cn2cc(-c3nc(=O)n4cc(N5CC(C)N(C(=O)OC(C)(C)C)C(C)C5)ccc4n3)cc(F)c2n1. The van der Waals surface area contributed by atoms with Crippen molar-refractivity contribution in [2.24, 2.45) is 0 Å². The number of carbonyl (C=O) groups is 1. The molecule has 11 heteroatoms. The van der Waals surface area contributed by atoms with Crippen LogP contribution in [0.25, 0.3) is 22.7 Å². The van der Waals surface area contributed by atoms with Crippen molar-refractivity contribution in [1.29, 1.82) is 0 Å². The average Bonchev–Trinajstić information content (AvgIpc) is 3.24. The van der Waals surface area contributed by atoms with E-state index in [2.05, 4.69) is 19.9 Å². The van der Waals surface area contributed by atoms with Gasteiger partial charge in [-0.1, -0.05) is 13.8 Å². The van der Waals surface area contributed by atoms with Gasteiger partial charge in [-0.15, -0.1) is 0 Å². The van der Waals surface area contributed by atoms with Gasteiger partial charge < -0.3 is 14.0 Å². The number of hydrogen-bond acceptors (Lipinski definition) is 7. The first-order valence-corrected chi connectivity index (χ1v) is 13.2. The van der Waals surface area contributed by atoms with Crippen molar-refractivity contribution in [3.05, 3.63) is 58.8 Å². The van der Waals surface area contributed by atoms with Crippen LogP contribution in [0.15, 0.2) is 41.6 Å². The molecule has 0 radical (unpaired) electrons. The van der Waals surface area contributed by atoms with E-state index in [9.17, 15) is 14.0 Å². The Morgan fingerprint density at radius 2 is 1.69 bits per heavy atom. The van der Waals surface area contributed by atoms with Gasteiger partial charge in [0.25, 0.3) is 0 Å². The Kier molecular flexibility index (Phi) is 7.63. The summed E-state index contributed by atoms with van der Waals surface area (Å²) < 4.78 is 23.1. The van der Waals surface area contributed by atoms with Crippen LogP contribution in [0.5, 0.6) is 0 Å². The highest BCUT2D eigenvalue weighted by Crippen LogP contribution is 2.25. The molecule has 1 fully saturated rings. The quantitative estimate of drug-likeness (QED) is 0.365. The van der Waals surface area contributed by atoms with Gasteiger partial charge in [-0.2, -0.15) is 4.98 Å². The summed E-state index contributed by atoms with van der Waals surface area (Å²) in [6.45, 7) is 16.4. The van der Waals surface area contributed by atoms with Crippen LogP contribution in [-0.2, 0) is 4.74 Å². The highest BCUT2D eigenvalue weighted by atomic mass is 19.1. The largest absolute Gasteiger partial charge is 0.444 e. The number of carbonyl (C=O) groups excluding carboxylic acids is 1. The molecule has 0 spiro atoms. The fourth-order valence-corrected chi connectivity index (χ4v) is 4.83. The van der Waals surface area contributed by atoms with Gasteiger partial charge in [-0.05, 0) is 59.7 Å². The predicted molar refractivity (Wildman–Crippen MR) is 149 cm³/mol. The molecule has 39 heavy (non-hydrogen) atoms. The second-order valence-corrected chi connectivity index (χ2v) is 10.6. The molecular weight excluding hydrogens is 501 g/mol. The molecule has 208 valence electrons. The van der Waals surface area contributed by atoms with Gasteiger partial charge in [-0.3, -0.25) is 4.90 Å². The molecule has 1 aliphatic rings. The standard InChI is InChI=1S/C26H30FN7O3.C2H6/c1-15-10-32-13-18(9-20(27)23(32)28-15)22-29-21-8-7-19(14-33(21)24(35)30-22)31-11-16(2)34(17(3)12-31)25(36)37-26(4,5)6;1-2/h7-10,13-14,16-17H,11-12H2,1-6H3;1-2H3. The number of halogens is 1. The number of pyridine rings is 2. The predicted octanol–water partition coefficient (Wildman–Crippen LogP) is 4.71. The van der Waals surface area contributed by atoms with Crippen LogP contribution < -0.4 is 10.6 Å². The topological polar surface area (TPSA) is 97.3 Å². The van der Waals surface area contributed by atoms with Crippen LogP contribution in [0, 0.1) is 12.7 Å². The van der Waals surface area contributed by atoms with Crippen molar-refractivity contribution < 1.29 is 13.9 Å². The number of piperazine rings is 1. The van der Waals surface area contributed by atoms with Crippen LogP contribution in [0.4, 0.5) is 14.9 Å². The van der Waals surface area contributed by atoms with E-state index in [0.717, 1.165) is 5.69 Å². The fraction of sp³-hybridized carbons (Fsp3) is 0.464. The summed E-state index contributed by atoms with van der Waals surface area (Å²) in [5.74, 6) is -0.378. The van der Waals surface area contributed by atoms with Gasteiger partial charge in [0.05, 0.1) is 23.5 Å². The lowest BCUT2D eigenvalue weighted by molar-refractivity contribution is 0.00565. The van der Waals surface area contributed by atoms with E-state index in [4.69, 9.17) is 4.74 Å². The summed E-state index contributed by atoms with van der Waals surface area (Å²) in [6.07, 6.45) is 4.73. The van der Waals surface area contributed by atoms with E-state index in [1.807, 2.05) is 54.5 Å². The first kappa shape index (κ1) is 28.0. The van der Waals surface area contributed by atoms with Gasteiger partial charge in [0.2, 0.25) is 0 Å². The minimum absolute atomic E-state index is 0.0960. The van der Waals surface area contributed by atoms with Gasteiger partial charge >= 0.3 is 11.8 Å². The molecule has 1 aliphatic heterocycles. The minimum atomic E-state index is -0.568. The normalized spacial score (nSPS) is 17.8. The number of ether oxygens (including phenoxy) is 1. The van der Waals surface area contributed by atoms with Crippen molar-refractivity contribution in [3.63, 3.8) is 0 Å². The maximum absolute atomic E-state index is 14.6. The molecule has 1 saturated heterocycles. The number of nitrogens with zero attached hydrogens (tertiary/aromatic N) is 7. The molecule has 4 aromatic rings. The first-order chi connectivity index (χ1) is 18.4. The third kappa shape index (κ3) is 5.71. The van der Waals surface area contributed by atoms with Gasteiger partial charge in [-0.25, -0.2) is 28.3 Å². The lowest BCUT2D eigenvalue weighted by atomic mass is 10.1. The van der Waals surface area contributed by atoms with E-state index < -0.39 is 17.1 Å². The Labute approximate surface area is 227 Å². The summed E-state index contributed by atoms with van der Waals surface area (Å²) in [6, 6.07) is 4.72. The van der Waals surface area contributed by atoms with Crippen molar-refractivity contribution >= 4 is 23.1 Å². The van der Waals surface area contributed by atoms with E-state index in [1.165, 1.54) is 10.5 Å². The second kappa shape index (κ2) is 10.6. The van der Waals surface area contributed by atoms with Crippen LogP contribution in [0.1, 0.15) is 54.2 Å². The average molecular weight is 538 g/mol. The number of fused-ring (bicyclic) bond motifs is 2. The smallest absolute Gasteiger partial charge is 0.410 e. The number of rotatable bonds is 2. The third-order valence-electron chi connectivity index (χ3n) is 6.31. The molecule has 0 saturated carbocycles. The van der Waals surface area contributed by atoms with E-state index >= 15 is 0 Å². The number of anilines is 1. The van der Waals surface area contributed by atoms with Crippen LogP contribution in [0.3, 0.4) is 0 Å². The minimum Gasteiger partial charge on any atom is -0.444 e. The van der Waals surface area contributed by atoms with Crippen LogP contribution >= 0.6 is 0 Å². The molecule has 1 amide bonds. The Morgan fingerprint density at radius 1 is 1.03 bits per heavy atom. The zero-order valence-electron chi connectivity index (χ0n) is 23.8. The van der Waals surface area contributed by atoms with Crippen molar-refractivity contribution in [2.45, 2.75) is 73.1 Å². The molecule has 0 aliphatic carbocycles. The summed E-state index contributed by atoms with van der Waals surface area (Å²) >= 11 is 0. The highest BCUT2D eigenvalue weighted by molar-refractivity contribution is 5.70. The molecule has 2 unspecified atom stereocenters. The van der Waals surface area contributed by atoms with E-state index in [1.54, 1.807) is 40.9 Å². The molecule has 2 atom stereocenters. The number of amides is 1. The number of hydrogen-bond donors (Lipinski definition) is 0. The highest BCUT2D eigenvalue weighted by Gasteiger charge is 2.35. The molecular formula is C28H36FN7O3. The first-order valence-electron chi connectivity index (χ1n) is 13.2. The van der Waals surface area contributed by atoms with E-state index in [-0.39, 0.29) is 29.6 Å². The van der Waals surface area contributed by atoms with Crippen molar-refractivity contribution in [3.8, 4) is 11.4 Å². The lowest BCUT2D eigenvalue weighted by Gasteiger charge is -2.45. The van der Waals surface area contributed by atoms with Crippen molar-refractivity contribution in [1.82, 2.24) is 28.7 Å². The summed E-state index contributed by atoms with van der Waals surface area (Å²) in [5, 5.41) is 0. The maximum Gasteiger partial charge on any atom is 0.410 e. The van der Waals surface area contributed by atoms with Gasteiger partial charge in [0.15, 0.2) is 17.3 Å². The molecule has 10 nitrogen and oxygen atoms in total. The summed E-state index contributed by atoms with van der Waals surface area (Å²) in [4.78, 5) is 42.4. The molecule has 5 heterocycles. The van der Waals surface area contributed by atoms with Crippen molar-refractivity contribution in [2.75, 3.05) is 18.0 Å². The third-order valence-corrected chi connectivity index (χ3v) is 6.31. The van der Waals surface area contributed by atoms with Gasteiger partial charge in [0, 0.05) is 37.2 Å². The Balaban J connectivity index is 0.00000172. The zero-order valence-corrected chi connectivity index (χ0v) is 23.8. The monoisotopic (exact) mass is 537 g/mol. The van der Waals surface area contributed by atoms with E-state index in [0.29, 0.717) is 30.0 Å². The number of aromatic nitrogens is 5. The Bertz CT molecular complexity index is 1560. The summed E-state index contributed by atoms with van der Waals surface area (Å²) in [5.41, 5.74) is 1.40. The maximum atomic E-state index is 14.6. The Morgan fingerprint density at radius 3 is 2.33 bits per heavy atom. The molecule has 0 bridgehead atoms. The van der Waals surface area contributed by atoms with Crippen LogP contribution in [-0.4, -0.2) is 65.5 Å².